The molecular formula is C12H25N3S. The van der Waals surface area contributed by atoms with E-state index in [2.05, 4.69) is 36.3 Å². The fourth-order valence-electron chi connectivity index (χ4n) is 2.04. The standard InChI is InChI=1S/C12H25N3S/c1-4-6-13-12(16)14-8-11-5-7-15(9-11)10(2)3/h10-11H,4-9H2,1-3H3,(H2,13,14,16). The van der Waals surface area contributed by atoms with Crippen LogP contribution in [-0.2, 0) is 0 Å². The van der Waals surface area contributed by atoms with Gasteiger partial charge < -0.3 is 15.5 Å². The maximum Gasteiger partial charge on any atom is 0.166 e. The van der Waals surface area contributed by atoms with E-state index in [-0.39, 0.29) is 0 Å². The fraction of sp³-hybridized carbons (Fsp3) is 0.917. The number of nitrogens with one attached hydrogen (secondary N) is 2. The molecule has 0 aromatic heterocycles. The van der Waals surface area contributed by atoms with Gasteiger partial charge >= 0.3 is 0 Å². The summed E-state index contributed by atoms with van der Waals surface area (Å²) in [5, 5.41) is 7.32. The Balaban J connectivity index is 2.12. The SMILES string of the molecule is CCCNC(=S)NCC1CCN(C(C)C)C1. The monoisotopic (exact) mass is 243 g/mol. The second-order valence-electron chi connectivity index (χ2n) is 4.88. The molecule has 16 heavy (non-hydrogen) atoms. The molecule has 4 heteroatoms. The molecule has 1 aliphatic heterocycles. The van der Waals surface area contributed by atoms with E-state index in [9.17, 15) is 0 Å². The summed E-state index contributed by atoms with van der Waals surface area (Å²) in [4.78, 5) is 2.54. The molecule has 0 amide bonds. The van der Waals surface area contributed by atoms with Crippen molar-refractivity contribution in [3.8, 4) is 0 Å². The Hall–Kier alpha value is -0.350. The molecule has 94 valence electrons. The van der Waals surface area contributed by atoms with Crippen molar-refractivity contribution in [3.63, 3.8) is 0 Å². The highest BCUT2D eigenvalue weighted by Crippen LogP contribution is 2.17. The van der Waals surface area contributed by atoms with Crippen LogP contribution in [0.3, 0.4) is 0 Å². The lowest BCUT2D eigenvalue weighted by atomic mass is 10.1. The first-order valence-electron chi connectivity index (χ1n) is 6.39. The third-order valence-electron chi connectivity index (χ3n) is 3.13. The highest BCUT2D eigenvalue weighted by molar-refractivity contribution is 7.80. The Bertz CT molecular complexity index is 218. The minimum absolute atomic E-state index is 0.676. The van der Waals surface area contributed by atoms with Gasteiger partial charge in [-0.25, -0.2) is 0 Å². The molecule has 3 nitrogen and oxygen atoms in total. The Morgan fingerprint density at radius 3 is 2.75 bits per heavy atom. The van der Waals surface area contributed by atoms with Gasteiger partial charge in [-0.05, 0) is 51.4 Å². The molecule has 0 aromatic rings. The molecule has 0 radical (unpaired) electrons. The molecule has 0 aromatic carbocycles. The number of thiocarbonyl (C=S) groups is 1. The van der Waals surface area contributed by atoms with Gasteiger partial charge in [-0.1, -0.05) is 6.92 Å². The van der Waals surface area contributed by atoms with Crippen LogP contribution >= 0.6 is 12.2 Å². The van der Waals surface area contributed by atoms with E-state index >= 15 is 0 Å². The Labute approximate surface area is 105 Å². The molecule has 0 saturated carbocycles. The lowest BCUT2D eigenvalue weighted by Gasteiger charge is -2.20. The summed E-state index contributed by atoms with van der Waals surface area (Å²) in [7, 11) is 0. The van der Waals surface area contributed by atoms with Gasteiger partial charge in [-0.2, -0.15) is 0 Å². The number of hydrogen-bond acceptors (Lipinski definition) is 2. The molecule has 1 rings (SSSR count). The normalized spacial score (nSPS) is 21.4. The summed E-state index contributed by atoms with van der Waals surface area (Å²) in [5.41, 5.74) is 0. The van der Waals surface area contributed by atoms with E-state index in [0.717, 1.165) is 30.5 Å². The summed E-state index contributed by atoms with van der Waals surface area (Å²) < 4.78 is 0. The fourth-order valence-corrected chi connectivity index (χ4v) is 2.22. The Kier molecular flexibility index (Phi) is 6.06. The number of likely N-dealkylation sites (tertiary alicyclic amines) is 1. The molecular weight excluding hydrogens is 218 g/mol. The molecule has 1 aliphatic rings. The van der Waals surface area contributed by atoms with Crippen LogP contribution in [0.5, 0.6) is 0 Å². The predicted molar refractivity (Wildman–Crippen MR) is 73.7 cm³/mol. The zero-order chi connectivity index (χ0) is 12.0. The molecule has 1 unspecified atom stereocenters. The topological polar surface area (TPSA) is 27.3 Å². The smallest absolute Gasteiger partial charge is 0.166 e. The minimum Gasteiger partial charge on any atom is -0.363 e. The average molecular weight is 243 g/mol. The quantitative estimate of drug-likeness (QED) is 0.717. The van der Waals surface area contributed by atoms with E-state index < -0.39 is 0 Å². The average Bonchev–Trinajstić information content (AvgIpc) is 2.72. The van der Waals surface area contributed by atoms with Crippen molar-refractivity contribution in [2.75, 3.05) is 26.2 Å². The van der Waals surface area contributed by atoms with Crippen LogP contribution in [0.25, 0.3) is 0 Å². The van der Waals surface area contributed by atoms with Crippen molar-refractivity contribution < 1.29 is 0 Å². The third kappa shape index (κ3) is 4.66. The van der Waals surface area contributed by atoms with Crippen molar-refractivity contribution >= 4 is 17.3 Å². The van der Waals surface area contributed by atoms with E-state index in [4.69, 9.17) is 12.2 Å². The third-order valence-corrected chi connectivity index (χ3v) is 3.42. The number of hydrogen-bond donors (Lipinski definition) is 2. The van der Waals surface area contributed by atoms with Crippen LogP contribution in [0.1, 0.15) is 33.6 Å². The number of nitrogens with zero attached hydrogens (tertiary/aromatic N) is 1. The van der Waals surface area contributed by atoms with Gasteiger partial charge in [0.25, 0.3) is 0 Å². The van der Waals surface area contributed by atoms with E-state index in [0.29, 0.717) is 6.04 Å². The van der Waals surface area contributed by atoms with Gasteiger partial charge in [0.2, 0.25) is 0 Å². The van der Waals surface area contributed by atoms with E-state index in [1.54, 1.807) is 0 Å². The molecule has 0 spiro atoms. The van der Waals surface area contributed by atoms with Crippen LogP contribution in [0.4, 0.5) is 0 Å². The lowest BCUT2D eigenvalue weighted by molar-refractivity contribution is 0.265. The maximum absolute atomic E-state index is 5.20. The van der Waals surface area contributed by atoms with E-state index in [1.165, 1.54) is 19.5 Å². The number of rotatable bonds is 5. The van der Waals surface area contributed by atoms with Gasteiger partial charge in [-0.3, -0.25) is 0 Å². The van der Waals surface area contributed by atoms with Gasteiger partial charge in [0.05, 0.1) is 0 Å². The molecule has 1 saturated heterocycles. The van der Waals surface area contributed by atoms with Crippen molar-refractivity contribution in [3.05, 3.63) is 0 Å². The Morgan fingerprint density at radius 1 is 1.44 bits per heavy atom. The van der Waals surface area contributed by atoms with Crippen LogP contribution in [0.2, 0.25) is 0 Å². The molecule has 1 heterocycles. The molecule has 0 bridgehead atoms. The van der Waals surface area contributed by atoms with E-state index in [1.807, 2.05) is 0 Å². The van der Waals surface area contributed by atoms with Crippen molar-refractivity contribution in [2.45, 2.75) is 39.7 Å². The van der Waals surface area contributed by atoms with Crippen molar-refractivity contribution in [1.82, 2.24) is 15.5 Å². The second kappa shape index (κ2) is 7.07. The van der Waals surface area contributed by atoms with Crippen molar-refractivity contribution in [1.29, 1.82) is 0 Å². The molecule has 2 N–H and O–H groups in total. The van der Waals surface area contributed by atoms with Gasteiger partial charge in [-0.15, -0.1) is 0 Å². The van der Waals surface area contributed by atoms with Crippen LogP contribution < -0.4 is 10.6 Å². The second-order valence-corrected chi connectivity index (χ2v) is 5.29. The molecule has 0 aliphatic carbocycles. The van der Waals surface area contributed by atoms with Crippen LogP contribution in [0, 0.1) is 5.92 Å². The summed E-state index contributed by atoms with van der Waals surface area (Å²) in [6, 6.07) is 0.676. The Morgan fingerprint density at radius 2 is 2.19 bits per heavy atom. The summed E-state index contributed by atoms with van der Waals surface area (Å²) >= 11 is 5.20. The maximum atomic E-state index is 5.20. The van der Waals surface area contributed by atoms with Crippen molar-refractivity contribution in [2.24, 2.45) is 5.92 Å². The zero-order valence-corrected chi connectivity index (χ0v) is 11.6. The molecule has 1 fully saturated rings. The minimum atomic E-state index is 0.676. The van der Waals surface area contributed by atoms with Gasteiger partial charge in [0.1, 0.15) is 0 Å². The van der Waals surface area contributed by atoms with Gasteiger partial charge in [0.15, 0.2) is 5.11 Å². The van der Waals surface area contributed by atoms with Crippen LogP contribution in [0.15, 0.2) is 0 Å². The summed E-state index contributed by atoms with van der Waals surface area (Å²) in [6.07, 6.45) is 2.41. The first-order chi connectivity index (χ1) is 7.63. The first kappa shape index (κ1) is 13.7. The zero-order valence-electron chi connectivity index (χ0n) is 10.8. The highest BCUT2D eigenvalue weighted by atomic mass is 32.1. The largest absolute Gasteiger partial charge is 0.363 e. The van der Waals surface area contributed by atoms with Gasteiger partial charge in [0, 0.05) is 25.7 Å². The molecule has 1 atom stereocenters. The highest BCUT2D eigenvalue weighted by Gasteiger charge is 2.23. The lowest BCUT2D eigenvalue weighted by Crippen LogP contribution is -2.39. The first-order valence-corrected chi connectivity index (χ1v) is 6.80. The summed E-state index contributed by atoms with van der Waals surface area (Å²) in [6.45, 7) is 11.1. The van der Waals surface area contributed by atoms with Crippen LogP contribution in [-0.4, -0.2) is 42.2 Å². The summed E-state index contributed by atoms with van der Waals surface area (Å²) in [5.74, 6) is 0.753. The predicted octanol–water partition coefficient (Wildman–Crippen LogP) is 1.59.